The van der Waals surface area contributed by atoms with Crippen molar-refractivity contribution in [2.75, 3.05) is 19.8 Å². The molecule has 5 heteroatoms. The Morgan fingerprint density at radius 2 is 1.56 bits per heavy atom. The standard InChI is InChI=1S/C20H31O4P/c1-4-7-8-11-19-12-9-13-20(18-19)14-10-17-24-25(21,22-15-5-2)23-16-6-3/h5-6,9,12-13,18H,2-4,7-8,10-11,14-17H2,1H3. The van der Waals surface area contributed by atoms with E-state index in [1.165, 1.54) is 42.5 Å². The summed E-state index contributed by atoms with van der Waals surface area (Å²) in [4.78, 5) is 0. The number of phosphoric ester groups is 1. The van der Waals surface area contributed by atoms with Gasteiger partial charge in [-0.05, 0) is 36.8 Å². The highest BCUT2D eigenvalue weighted by molar-refractivity contribution is 7.48. The van der Waals surface area contributed by atoms with Crippen LogP contribution >= 0.6 is 7.82 Å². The number of hydrogen-bond acceptors (Lipinski definition) is 4. The molecule has 0 bridgehead atoms. The minimum absolute atomic E-state index is 0.119. The van der Waals surface area contributed by atoms with Gasteiger partial charge in [0, 0.05) is 0 Å². The van der Waals surface area contributed by atoms with Crippen LogP contribution in [-0.4, -0.2) is 19.8 Å². The van der Waals surface area contributed by atoms with Gasteiger partial charge in [-0.1, -0.05) is 56.2 Å². The van der Waals surface area contributed by atoms with Crippen molar-refractivity contribution >= 4 is 7.82 Å². The van der Waals surface area contributed by atoms with E-state index in [1.807, 2.05) is 0 Å². The third kappa shape index (κ3) is 9.76. The van der Waals surface area contributed by atoms with Crippen molar-refractivity contribution in [1.82, 2.24) is 0 Å². The van der Waals surface area contributed by atoms with E-state index in [0.717, 1.165) is 19.3 Å². The maximum atomic E-state index is 12.4. The summed E-state index contributed by atoms with van der Waals surface area (Å²) in [6, 6.07) is 8.64. The van der Waals surface area contributed by atoms with Crippen molar-refractivity contribution in [3.63, 3.8) is 0 Å². The fourth-order valence-corrected chi connectivity index (χ4v) is 3.52. The molecule has 1 aromatic carbocycles. The third-order valence-electron chi connectivity index (χ3n) is 3.62. The summed E-state index contributed by atoms with van der Waals surface area (Å²) < 4.78 is 28.1. The summed E-state index contributed by atoms with van der Waals surface area (Å²) in [5.74, 6) is 0. The maximum Gasteiger partial charge on any atom is 0.475 e. The van der Waals surface area contributed by atoms with Gasteiger partial charge in [-0.2, -0.15) is 0 Å². The number of rotatable bonds is 15. The van der Waals surface area contributed by atoms with E-state index in [1.54, 1.807) is 0 Å². The highest BCUT2D eigenvalue weighted by Gasteiger charge is 2.25. The van der Waals surface area contributed by atoms with Gasteiger partial charge in [0.1, 0.15) is 0 Å². The van der Waals surface area contributed by atoms with Crippen LogP contribution in [0.2, 0.25) is 0 Å². The van der Waals surface area contributed by atoms with Crippen LogP contribution < -0.4 is 0 Å². The van der Waals surface area contributed by atoms with Crippen molar-refractivity contribution in [2.45, 2.75) is 45.4 Å². The predicted octanol–water partition coefficient (Wildman–Crippen LogP) is 5.88. The Morgan fingerprint density at radius 1 is 0.960 bits per heavy atom. The van der Waals surface area contributed by atoms with Crippen LogP contribution in [0.3, 0.4) is 0 Å². The Kier molecular flexibility index (Phi) is 11.4. The number of aryl methyl sites for hydroxylation is 2. The summed E-state index contributed by atoms with van der Waals surface area (Å²) >= 11 is 0. The minimum Gasteiger partial charge on any atom is -0.287 e. The van der Waals surface area contributed by atoms with Gasteiger partial charge in [0.25, 0.3) is 0 Å². The topological polar surface area (TPSA) is 44.8 Å². The molecule has 0 aromatic heterocycles. The molecule has 0 atom stereocenters. The Bertz CT molecular complexity index is 540. The molecule has 140 valence electrons. The molecular formula is C20H31O4P. The first-order valence-electron chi connectivity index (χ1n) is 8.96. The summed E-state index contributed by atoms with van der Waals surface area (Å²) in [5, 5.41) is 0. The molecular weight excluding hydrogens is 335 g/mol. The van der Waals surface area contributed by atoms with Crippen molar-refractivity contribution in [2.24, 2.45) is 0 Å². The Labute approximate surface area is 152 Å². The second-order valence-electron chi connectivity index (χ2n) is 5.83. The first kappa shape index (κ1) is 21.9. The molecule has 0 aliphatic heterocycles. The predicted molar refractivity (Wildman–Crippen MR) is 104 cm³/mol. The quantitative estimate of drug-likeness (QED) is 0.221. The second kappa shape index (κ2) is 13.1. The van der Waals surface area contributed by atoms with Crippen LogP contribution in [0.4, 0.5) is 0 Å². The molecule has 25 heavy (non-hydrogen) atoms. The summed E-state index contributed by atoms with van der Waals surface area (Å²) in [6.07, 6.45) is 9.49. The van der Waals surface area contributed by atoms with Gasteiger partial charge >= 0.3 is 7.82 Å². The molecule has 0 unspecified atom stereocenters. The lowest BCUT2D eigenvalue weighted by atomic mass is 10.0. The average Bonchev–Trinajstić information content (AvgIpc) is 2.63. The van der Waals surface area contributed by atoms with Gasteiger partial charge in [-0.25, -0.2) is 4.57 Å². The van der Waals surface area contributed by atoms with Crippen LogP contribution in [0.5, 0.6) is 0 Å². The number of benzene rings is 1. The molecule has 0 fully saturated rings. The second-order valence-corrected chi connectivity index (χ2v) is 7.50. The van der Waals surface area contributed by atoms with E-state index in [0.29, 0.717) is 6.61 Å². The Balaban J connectivity index is 2.41. The molecule has 4 nitrogen and oxygen atoms in total. The smallest absolute Gasteiger partial charge is 0.287 e. The lowest BCUT2D eigenvalue weighted by Gasteiger charge is -2.16. The number of unbranched alkanes of at least 4 members (excludes halogenated alkanes) is 2. The average molecular weight is 366 g/mol. The molecule has 1 rings (SSSR count). The molecule has 0 spiro atoms. The fourth-order valence-electron chi connectivity index (χ4n) is 2.37. The highest BCUT2D eigenvalue weighted by atomic mass is 31.2. The SMILES string of the molecule is C=CCOP(=O)(OCC=C)OCCCc1cccc(CCCCC)c1. The lowest BCUT2D eigenvalue weighted by molar-refractivity contribution is 0.130. The van der Waals surface area contributed by atoms with Crippen molar-refractivity contribution in [1.29, 1.82) is 0 Å². The number of hydrogen-bond donors (Lipinski definition) is 0. The van der Waals surface area contributed by atoms with Crippen molar-refractivity contribution in [3.05, 3.63) is 60.7 Å². The Morgan fingerprint density at radius 3 is 2.12 bits per heavy atom. The molecule has 0 N–H and O–H groups in total. The molecule has 0 aliphatic rings. The van der Waals surface area contributed by atoms with E-state index in [2.05, 4.69) is 44.3 Å². The van der Waals surface area contributed by atoms with Crippen LogP contribution in [0.25, 0.3) is 0 Å². The van der Waals surface area contributed by atoms with Crippen LogP contribution in [0.1, 0.15) is 43.7 Å². The van der Waals surface area contributed by atoms with Crippen molar-refractivity contribution in [3.8, 4) is 0 Å². The van der Waals surface area contributed by atoms with Gasteiger partial charge in [-0.3, -0.25) is 13.6 Å². The summed E-state index contributed by atoms with van der Waals surface area (Å²) in [7, 11) is -3.54. The summed E-state index contributed by atoms with van der Waals surface area (Å²) in [6.45, 7) is 9.84. The van der Waals surface area contributed by atoms with Gasteiger partial charge in [0.05, 0.1) is 19.8 Å². The summed E-state index contributed by atoms with van der Waals surface area (Å²) in [5.41, 5.74) is 2.65. The molecule has 0 aliphatic carbocycles. The fraction of sp³-hybridized carbons (Fsp3) is 0.500. The molecule has 0 heterocycles. The zero-order valence-electron chi connectivity index (χ0n) is 15.3. The first-order chi connectivity index (χ1) is 12.1. The van der Waals surface area contributed by atoms with E-state index in [-0.39, 0.29) is 13.2 Å². The van der Waals surface area contributed by atoms with Gasteiger partial charge in [0.2, 0.25) is 0 Å². The molecule has 1 aromatic rings. The Hall–Kier alpha value is -1.19. The zero-order chi connectivity index (χ0) is 18.4. The molecule has 0 amide bonds. The molecule has 0 radical (unpaired) electrons. The minimum atomic E-state index is -3.54. The number of phosphoric acid groups is 1. The van der Waals surface area contributed by atoms with Crippen LogP contribution in [0, 0.1) is 0 Å². The molecule has 0 saturated carbocycles. The largest absolute Gasteiger partial charge is 0.475 e. The van der Waals surface area contributed by atoms with Crippen LogP contribution in [-0.2, 0) is 31.0 Å². The third-order valence-corrected chi connectivity index (χ3v) is 5.05. The normalized spacial score (nSPS) is 11.4. The van der Waals surface area contributed by atoms with Gasteiger partial charge in [-0.15, -0.1) is 13.2 Å². The maximum absolute atomic E-state index is 12.4. The highest BCUT2D eigenvalue weighted by Crippen LogP contribution is 2.49. The zero-order valence-corrected chi connectivity index (χ0v) is 16.2. The lowest BCUT2D eigenvalue weighted by Crippen LogP contribution is -2.03. The van der Waals surface area contributed by atoms with Gasteiger partial charge in [0.15, 0.2) is 0 Å². The van der Waals surface area contributed by atoms with E-state index >= 15 is 0 Å². The van der Waals surface area contributed by atoms with Gasteiger partial charge < -0.3 is 0 Å². The van der Waals surface area contributed by atoms with Crippen molar-refractivity contribution < 1.29 is 18.1 Å². The van der Waals surface area contributed by atoms with E-state index in [4.69, 9.17) is 13.6 Å². The van der Waals surface area contributed by atoms with Crippen LogP contribution in [0.15, 0.2) is 49.6 Å². The van der Waals surface area contributed by atoms with E-state index in [9.17, 15) is 4.57 Å². The van der Waals surface area contributed by atoms with E-state index < -0.39 is 7.82 Å². The monoisotopic (exact) mass is 366 g/mol. The molecule has 0 saturated heterocycles. The first-order valence-corrected chi connectivity index (χ1v) is 10.4.